The molecule has 1 saturated heterocycles. The number of rotatable bonds is 3. The number of benzene rings is 1. The molecule has 0 unspecified atom stereocenters. The molecular formula is C14H18N4. The van der Waals surface area contributed by atoms with Crippen molar-refractivity contribution in [1.29, 1.82) is 0 Å². The Morgan fingerprint density at radius 2 is 1.94 bits per heavy atom. The summed E-state index contributed by atoms with van der Waals surface area (Å²) in [6.07, 6.45) is 5.10. The average molecular weight is 242 g/mol. The molecule has 0 atom stereocenters. The van der Waals surface area contributed by atoms with Gasteiger partial charge in [0.2, 0.25) is 0 Å². The second-order valence-electron chi connectivity index (χ2n) is 4.81. The van der Waals surface area contributed by atoms with Crippen LogP contribution >= 0.6 is 0 Å². The lowest BCUT2D eigenvalue weighted by Gasteiger charge is -2.24. The van der Waals surface area contributed by atoms with E-state index in [0.29, 0.717) is 6.04 Å². The Morgan fingerprint density at radius 3 is 2.72 bits per heavy atom. The van der Waals surface area contributed by atoms with E-state index in [0.717, 1.165) is 32.4 Å². The molecule has 1 aliphatic heterocycles. The van der Waals surface area contributed by atoms with Crippen molar-refractivity contribution in [2.24, 2.45) is 0 Å². The van der Waals surface area contributed by atoms with Crippen molar-refractivity contribution in [2.75, 3.05) is 13.1 Å². The molecule has 1 aromatic carbocycles. The number of piperidine rings is 1. The fraction of sp³-hybridized carbons (Fsp3) is 0.429. The molecule has 94 valence electrons. The van der Waals surface area contributed by atoms with E-state index in [4.69, 9.17) is 0 Å². The zero-order valence-corrected chi connectivity index (χ0v) is 10.4. The third kappa shape index (κ3) is 2.43. The topological polar surface area (TPSA) is 42.7 Å². The summed E-state index contributed by atoms with van der Waals surface area (Å²) >= 11 is 0. The Kier molecular flexibility index (Phi) is 3.37. The first kappa shape index (κ1) is 11.4. The Hall–Kier alpha value is -1.68. The Balaban J connectivity index is 1.78. The van der Waals surface area contributed by atoms with Gasteiger partial charge in [-0.15, -0.1) is 5.10 Å². The molecule has 1 N–H and O–H groups in total. The summed E-state index contributed by atoms with van der Waals surface area (Å²) in [5, 5.41) is 11.7. The highest BCUT2D eigenvalue weighted by molar-refractivity contribution is 5.20. The second kappa shape index (κ2) is 5.31. The highest BCUT2D eigenvalue weighted by Gasteiger charge is 2.18. The van der Waals surface area contributed by atoms with Gasteiger partial charge in [-0.1, -0.05) is 35.5 Å². The molecule has 2 aromatic rings. The molecule has 4 heteroatoms. The van der Waals surface area contributed by atoms with Crippen molar-refractivity contribution in [3.63, 3.8) is 0 Å². The third-order valence-electron chi connectivity index (χ3n) is 3.53. The molecule has 0 bridgehead atoms. The average Bonchev–Trinajstić information content (AvgIpc) is 2.89. The first-order valence-corrected chi connectivity index (χ1v) is 6.57. The lowest BCUT2D eigenvalue weighted by Crippen LogP contribution is -2.30. The van der Waals surface area contributed by atoms with Crippen molar-refractivity contribution in [3.05, 3.63) is 47.8 Å². The first-order chi connectivity index (χ1) is 8.93. The van der Waals surface area contributed by atoms with Crippen LogP contribution in [0, 0.1) is 0 Å². The van der Waals surface area contributed by atoms with Gasteiger partial charge in [0.25, 0.3) is 0 Å². The molecule has 3 rings (SSSR count). The van der Waals surface area contributed by atoms with Crippen molar-refractivity contribution in [3.8, 4) is 0 Å². The van der Waals surface area contributed by atoms with Gasteiger partial charge in [-0.05, 0) is 31.5 Å². The van der Waals surface area contributed by atoms with Crippen LogP contribution in [0.4, 0.5) is 0 Å². The number of aromatic nitrogens is 3. The van der Waals surface area contributed by atoms with Gasteiger partial charge in [0.05, 0.1) is 17.9 Å². The number of nitrogens with zero attached hydrogens (tertiary/aromatic N) is 3. The van der Waals surface area contributed by atoms with Gasteiger partial charge >= 0.3 is 0 Å². The fourth-order valence-electron chi connectivity index (χ4n) is 2.56. The van der Waals surface area contributed by atoms with Crippen LogP contribution in [0.1, 0.15) is 30.1 Å². The molecular weight excluding hydrogens is 224 g/mol. The summed E-state index contributed by atoms with van der Waals surface area (Å²) < 4.78 is 2.12. The van der Waals surface area contributed by atoms with Crippen LogP contribution in [0.15, 0.2) is 36.5 Å². The van der Waals surface area contributed by atoms with Crippen molar-refractivity contribution in [2.45, 2.75) is 25.3 Å². The van der Waals surface area contributed by atoms with Crippen LogP contribution in [0.2, 0.25) is 0 Å². The summed E-state index contributed by atoms with van der Waals surface area (Å²) in [5.74, 6) is 0. The van der Waals surface area contributed by atoms with E-state index in [1.54, 1.807) is 0 Å². The molecule has 4 nitrogen and oxygen atoms in total. The molecule has 0 saturated carbocycles. The van der Waals surface area contributed by atoms with Gasteiger partial charge < -0.3 is 5.32 Å². The highest BCUT2D eigenvalue weighted by atomic mass is 15.4. The molecule has 2 heterocycles. The molecule has 0 amide bonds. The van der Waals surface area contributed by atoms with Crippen LogP contribution in [-0.2, 0) is 6.42 Å². The largest absolute Gasteiger partial charge is 0.317 e. The summed E-state index contributed by atoms with van der Waals surface area (Å²) in [6, 6.07) is 11.0. The Labute approximate surface area is 107 Å². The van der Waals surface area contributed by atoms with E-state index in [1.165, 1.54) is 11.3 Å². The smallest absolute Gasteiger partial charge is 0.0728 e. The first-order valence-electron chi connectivity index (χ1n) is 6.57. The normalized spacial score (nSPS) is 16.9. The summed E-state index contributed by atoms with van der Waals surface area (Å²) in [6.45, 7) is 2.16. The van der Waals surface area contributed by atoms with Gasteiger partial charge in [0, 0.05) is 6.42 Å². The monoisotopic (exact) mass is 242 g/mol. The van der Waals surface area contributed by atoms with E-state index in [2.05, 4.69) is 44.6 Å². The van der Waals surface area contributed by atoms with Gasteiger partial charge in [-0.3, -0.25) is 0 Å². The van der Waals surface area contributed by atoms with Crippen LogP contribution in [-0.4, -0.2) is 28.1 Å². The van der Waals surface area contributed by atoms with Gasteiger partial charge in [0.1, 0.15) is 0 Å². The summed E-state index contributed by atoms with van der Waals surface area (Å²) in [5.41, 5.74) is 2.53. The maximum absolute atomic E-state index is 4.27. The quantitative estimate of drug-likeness (QED) is 0.892. The van der Waals surface area contributed by atoms with Crippen molar-refractivity contribution >= 4 is 0 Å². The molecule has 1 fully saturated rings. The molecule has 0 radical (unpaired) electrons. The number of hydrogen-bond acceptors (Lipinski definition) is 3. The Morgan fingerprint density at radius 1 is 1.17 bits per heavy atom. The molecule has 1 aliphatic rings. The van der Waals surface area contributed by atoms with Crippen LogP contribution in [0.3, 0.4) is 0 Å². The Bertz CT molecular complexity index is 486. The van der Waals surface area contributed by atoms with Gasteiger partial charge in [-0.2, -0.15) is 0 Å². The van der Waals surface area contributed by atoms with Gasteiger partial charge in [-0.25, -0.2) is 4.68 Å². The molecule has 0 aliphatic carbocycles. The highest BCUT2D eigenvalue weighted by Crippen LogP contribution is 2.20. The molecule has 0 spiro atoms. The minimum atomic E-state index is 0.507. The predicted molar refractivity (Wildman–Crippen MR) is 70.4 cm³/mol. The minimum absolute atomic E-state index is 0.507. The molecule has 1 aromatic heterocycles. The van der Waals surface area contributed by atoms with E-state index in [1.807, 2.05) is 12.3 Å². The minimum Gasteiger partial charge on any atom is -0.317 e. The van der Waals surface area contributed by atoms with Crippen molar-refractivity contribution < 1.29 is 0 Å². The maximum atomic E-state index is 4.27. The van der Waals surface area contributed by atoms with E-state index < -0.39 is 0 Å². The lowest BCUT2D eigenvalue weighted by molar-refractivity contribution is 0.331. The van der Waals surface area contributed by atoms with E-state index >= 15 is 0 Å². The maximum Gasteiger partial charge on any atom is 0.0728 e. The standard InChI is InChI=1S/C14H18N4/c1-2-4-12(5-3-1)10-14-11-16-17-18(14)13-6-8-15-9-7-13/h1-5,11,13,15H,6-10H2. The SMILES string of the molecule is c1ccc(Cc2cnnn2C2CCNCC2)cc1. The zero-order chi connectivity index (χ0) is 12.2. The van der Waals surface area contributed by atoms with E-state index in [-0.39, 0.29) is 0 Å². The van der Waals surface area contributed by atoms with Crippen LogP contribution < -0.4 is 5.32 Å². The van der Waals surface area contributed by atoms with Crippen molar-refractivity contribution in [1.82, 2.24) is 20.3 Å². The fourth-order valence-corrected chi connectivity index (χ4v) is 2.56. The predicted octanol–water partition coefficient (Wildman–Crippen LogP) is 1.79. The zero-order valence-electron chi connectivity index (χ0n) is 10.4. The third-order valence-corrected chi connectivity index (χ3v) is 3.53. The van der Waals surface area contributed by atoms with Crippen LogP contribution in [0.25, 0.3) is 0 Å². The summed E-state index contributed by atoms with van der Waals surface area (Å²) in [4.78, 5) is 0. The van der Waals surface area contributed by atoms with Crippen LogP contribution in [0.5, 0.6) is 0 Å². The molecule has 18 heavy (non-hydrogen) atoms. The second-order valence-corrected chi connectivity index (χ2v) is 4.81. The lowest BCUT2D eigenvalue weighted by atomic mass is 10.1. The van der Waals surface area contributed by atoms with E-state index in [9.17, 15) is 0 Å². The number of hydrogen-bond donors (Lipinski definition) is 1. The van der Waals surface area contributed by atoms with Gasteiger partial charge in [0.15, 0.2) is 0 Å². The number of nitrogens with one attached hydrogen (secondary N) is 1. The summed E-state index contributed by atoms with van der Waals surface area (Å²) in [7, 11) is 0.